The number of nitrogens with one attached hydrogen (secondary N) is 1. The van der Waals surface area contributed by atoms with Gasteiger partial charge in [0.2, 0.25) is 5.91 Å². The largest absolute Gasteiger partial charge is 0.341 e. The Bertz CT molecular complexity index is 435. The minimum Gasteiger partial charge on any atom is -0.341 e. The van der Waals surface area contributed by atoms with E-state index < -0.39 is 0 Å². The Morgan fingerprint density at radius 1 is 1.47 bits per heavy atom. The molecule has 0 spiro atoms. The molecule has 0 saturated carbocycles. The first kappa shape index (κ1) is 14.1. The molecular weight excluding hydrogens is 240 g/mol. The van der Waals surface area contributed by atoms with Gasteiger partial charge in [-0.3, -0.25) is 9.48 Å². The number of hydrogen-bond donors (Lipinski definition) is 1. The highest BCUT2D eigenvalue weighted by Crippen LogP contribution is 2.10. The lowest BCUT2D eigenvalue weighted by Gasteiger charge is -2.21. The van der Waals surface area contributed by atoms with Crippen LogP contribution in [0.2, 0.25) is 0 Å². The summed E-state index contributed by atoms with van der Waals surface area (Å²) in [5.41, 5.74) is 2.17. The van der Waals surface area contributed by atoms with Crippen LogP contribution in [0.3, 0.4) is 0 Å². The molecule has 1 saturated heterocycles. The normalized spacial score (nSPS) is 16.9. The van der Waals surface area contributed by atoms with Gasteiger partial charge in [0.05, 0.1) is 17.4 Å². The van der Waals surface area contributed by atoms with Crippen LogP contribution in [0.1, 0.15) is 38.1 Å². The van der Waals surface area contributed by atoms with Crippen LogP contribution in [0.25, 0.3) is 0 Å². The van der Waals surface area contributed by atoms with Crippen molar-refractivity contribution in [1.82, 2.24) is 20.0 Å². The average molecular weight is 264 g/mol. The van der Waals surface area contributed by atoms with Crippen molar-refractivity contribution in [1.29, 1.82) is 0 Å². The number of rotatable bonds is 5. The minimum absolute atomic E-state index is 0.126. The van der Waals surface area contributed by atoms with E-state index in [2.05, 4.69) is 23.4 Å². The van der Waals surface area contributed by atoms with E-state index in [-0.39, 0.29) is 11.9 Å². The van der Waals surface area contributed by atoms with Crippen molar-refractivity contribution in [3.8, 4) is 0 Å². The molecule has 5 heteroatoms. The molecule has 2 rings (SSSR count). The second-order valence-corrected chi connectivity index (χ2v) is 5.23. The van der Waals surface area contributed by atoms with Crippen molar-refractivity contribution in [2.75, 3.05) is 13.1 Å². The van der Waals surface area contributed by atoms with E-state index in [1.54, 1.807) is 0 Å². The number of aromatic nitrogens is 2. The summed E-state index contributed by atoms with van der Waals surface area (Å²) in [6, 6.07) is 1.95. The number of carbonyl (C=O) groups is 1. The van der Waals surface area contributed by atoms with Crippen molar-refractivity contribution in [2.45, 2.75) is 52.7 Å². The van der Waals surface area contributed by atoms with Gasteiger partial charge in [0, 0.05) is 26.2 Å². The topological polar surface area (TPSA) is 50.2 Å². The fourth-order valence-electron chi connectivity index (χ4n) is 2.57. The highest BCUT2D eigenvalue weighted by Gasteiger charge is 2.22. The third kappa shape index (κ3) is 3.35. The standard InChI is InChI=1S/C14H24N4O/c1-4-18-13(9-11(2)16-18)10-15-12(3)14(19)17-7-5-6-8-17/h9,12,15H,4-8,10H2,1-3H3. The van der Waals surface area contributed by atoms with Crippen LogP contribution in [0.4, 0.5) is 0 Å². The predicted molar refractivity (Wildman–Crippen MR) is 74.8 cm³/mol. The van der Waals surface area contributed by atoms with Crippen LogP contribution >= 0.6 is 0 Å². The molecule has 1 N–H and O–H groups in total. The monoisotopic (exact) mass is 264 g/mol. The maximum Gasteiger partial charge on any atom is 0.239 e. The summed E-state index contributed by atoms with van der Waals surface area (Å²) >= 11 is 0. The van der Waals surface area contributed by atoms with E-state index in [1.807, 2.05) is 23.4 Å². The number of nitrogens with zero attached hydrogens (tertiary/aromatic N) is 3. The average Bonchev–Trinajstić information content (AvgIpc) is 3.03. The zero-order chi connectivity index (χ0) is 13.8. The lowest BCUT2D eigenvalue weighted by molar-refractivity contribution is -0.132. The van der Waals surface area contributed by atoms with E-state index in [1.165, 1.54) is 0 Å². The van der Waals surface area contributed by atoms with Gasteiger partial charge in [0.15, 0.2) is 0 Å². The summed E-state index contributed by atoms with van der Waals surface area (Å²) in [5, 5.41) is 7.72. The first-order valence-corrected chi connectivity index (χ1v) is 7.17. The highest BCUT2D eigenvalue weighted by molar-refractivity contribution is 5.81. The third-order valence-electron chi connectivity index (χ3n) is 3.66. The Labute approximate surface area is 115 Å². The van der Waals surface area contributed by atoms with Gasteiger partial charge in [-0.15, -0.1) is 0 Å². The molecule has 19 heavy (non-hydrogen) atoms. The maximum absolute atomic E-state index is 12.2. The minimum atomic E-state index is -0.126. The van der Waals surface area contributed by atoms with E-state index in [0.717, 1.165) is 43.9 Å². The zero-order valence-electron chi connectivity index (χ0n) is 12.1. The van der Waals surface area contributed by atoms with Crippen LogP contribution in [0.5, 0.6) is 0 Å². The predicted octanol–water partition coefficient (Wildman–Crippen LogP) is 1.31. The summed E-state index contributed by atoms with van der Waals surface area (Å²) in [7, 11) is 0. The van der Waals surface area contributed by atoms with Gasteiger partial charge in [-0.05, 0) is 39.7 Å². The van der Waals surface area contributed by atoms with Crippen LogP contribution < -0.4 is 5.32 Å². The van der Waals surface area contributed by atoms with Crippen LogP contribution in [-0.4, -0.2) is 39.7 Å². The lowest BCUT2D eigenvalue weighted by atomic mass is 10.2. The number of amides is 1. The van der Waals surface area contributed by atoms with E-state index in [0.29, 0.717) is 6.54 Å². The van der Waals surface area contributed by atoms with E-state index >= 15 is 0 Å². The van der Waals surface area contributed by atoms with E-state index in [9.17, 15) is 4.79 Å². The maximum atomic E-state index is 12.2. The molecule has 1 amide bonds. The molecule has 1 fully saturated rings. The van der Waals surface area contributed by atoms with Gasteiger partial charge in [-0.1, -0.05) is 0 Å². The fraction of sp³-hybridized carbons (Fsp3) is 0.714. The molecule has 1 aromatic rings. The molecule has 0 bridgehead atoms. The Morgan fingerprint density at radius 3 is 2.79 bits per heavy atom. The molecule has 0 aliphatic carbocycles. The highest BCUT2D eigenvalue weighted by atomic mass is 16.2. The smallest absolute Gasteiger partial charge is 0.239 e. The number of aryl methyl sites for hydroxylation is 2. The fourth-order valence-corrected chi connectivity index (χ4v) is 2.57. The third-order valence-corrected chi connectivity index (χ3v) is 3.66. The summed E-state index contributed by atoms with van der Waals surface area (Å²) < 4.78 is 1.98. The number of likely N-dealkylation sites (tertiary alicyclic amines) is 1. The summed E-state index contributed by atoms with van der Waals surface area (Å²) in [5.74, 6) is 0.219. The molecule has 1 aliphatic heterocycles. The second kappa shape index (κ2) is 6.19. The van der Waals surface area contributed by atoms with Gasteiger partial charge in [-0.2, -0.15) is 5.10 Å². The first-order chi connectivity index (χ1) is 9.11. The molecule has 1 aliphatic rings. The van der Waals surface area contributed by atoms with Crippen LogP contribution in [-0.2, 0) is 17.9 Å². The number of carbonyl (C=O) groups excluding carboxylic acids is 1. The Balaban J connectivity index is 1.88. The molecule has 106 valence electrons. The van der Waals surface area contributed by atoms with Crippen molar-refractivity contribution >= 4 is 5.91 Å². The molecule has 1 unspecified atom stereocenters. The van der Waals surface area contributed by atoms with Crippen molar-refractivity contribution in [3.63, 3.8) is 0 Å². The lowest BCUT2D eigenvalue weighted by Crippen LogP contribution is -2.43. The van der Waals surface area contributed by atoms with Gasteiger partial charge in [-0.25, -0.2) is 0 Å². The Kier molecular flexibility index (Phi) is 4.58. The van der Waals surface area contributed by atoms with Crippen molar-refractivity contribution in [2.24, 2.45) is 0 Å². The van der Waals surface area contributed by atoms with Gasteiger partial charge < -0.3 is 10.2 Å². The van der Waals surface area contributed by atoms with Crippen molar-refractivity contribution in [3.05, 3.63) is 17.5 Å². The molecular formula is C14H24N4O. The Hall–Kier alpha value is -1.36. The zero-order valence-corrected chi connectivity index (χ0v) is 12.1. The molecule has 1 aromatic heterocycles. The summed E-state index contributed by atoms with van der Waals surface area (Å²) in [4.78, 5) is 14.1. The number of hydrogen-bond acceptors (Lipinski definition) is 3. The van der Waals surface area contributed by atoms with Crippen LogP contribution in [0.15, 0.2) is 6.07 Å². The quantitative estimate of drug-likeness (QED) is 0.872. The van der Waals surface area contributed by atoms with Crippen molar-refractivity contribution < 1.29 is 4.79 Å². The first-order valence-electron chi connectivity index (χ1n) is 7.17. The summed E-state index contributed by atoms with van der Waals surface area (Å²) in [6.45, 7) is 9.39. The molecule has 0 aromatic carbocycles. The summed E-state index contributed by atoms with van der Waals surface area (Å²) in [6.07, 6.45) is 2.28. The van der Waals surface area contributed by atoms with E-state index in [4.69, 9.17) is 0 Å². The second-order valence-electron chi connectivity index (χ2n) is 5.23. The molecule has 1 atom stereocenters. The van der Waals surface area contributed by atoms with Gasteiger partial charge >= 0.3 is 0 Å². The SMILES string of the molecule is CCn1nc(C)cc1CNC(C)C(=O)N1CCCC1. The Morgan fingerprint density at radius 2 is 2.16 bits per heavy atom. The molecule has 2 heterocycles. The van der Waals surface area contributed by atoms with Crippen LogP contribution in [0, 0.1) is 6.92 Å². The van der Waals surface area contributed by atoms with Gasteiger partial charge in [0.25, 0.3) is 0 Å². The molecule has 0 radical (unpaired) electrons. The van der Waals surface area contributed by atoms with Gasteiger partial charge in [0.1, 0.15) is 0 Å². The molecule has 5 nitrogen and oxygen atoms in total.